The molecular formula is C10H20. The van der Waals surface area contributed by atoms with Crippen molar-refractivity contribution < 1.29 is 0 Å². The summed E-state index contributed by atoms with van der Waals surface area (Å²) in [5.74, 6) is 0. The van der Waals surface area contributed by atoms with Crippen molar-refractivity contribution in [3.8, 4) is 0 Å². The maximum absolute atomic E-state index is 3.98. The zero-order chi connectivity index (χ0) is 8.20. The smallest absolute Gasteiger partial charge is 0.0150 e. The molecule has 0 aliphatic rings. The third-order valence-electron chi connectivity index (χ3n) is 2.31. The van der Waals surface area contributed by atoms with E-state index < -0.39 is 0 Å². The second-order valence-corrected chi connectivity index (χ2v) is 3.77. The molecule has 0 aliphatic carbocycles. The second kappa shape index (κ2) is 3.80. The number of unbranched alkanes of at least 4 members (excludes halogenated alkanes) is 1. The van der Waals surface area contributed by atoms with Crippen LogP contribution in [0.3, 0.4) is 0 Å². The van der Waals surface area contributed by atoms with Gasteiger partial charge in [0.15, 0.2) is 0 Å². The summed E-state index contributed by atoms with van der Waals surface area (Å²) in [6.07, 6.45) is 3.88. The lowest BCUT2D eigenvalue weighted by atomic mass is 9.81. The maximum atomic E-state index is 3.98. The molecule has 0 aromatic rings. The Morgan fingerprint density at radius 3 is 2.20 bits per heavy atom. The van der Waals surface area contributed by atoms with Crippen LogP contribution >= 0.6 is 0 Å². The molecule has 0 rings (SSSR count). The van der Waals surface area contributed by atoms with Crippen LogP contribution in [0.1, 0.15) is 47.0 Å². The molecule has 0 aromatic heterocycles. The summed E-state index contributed by atoms with van der Waals surface area (Å²) in [7, 11) is 0. The van der Waals surface area contributed by atoms with Crippen LogP contribution in [-0.4, -0.2) is 0 Å². The summed E-state index contributed by atoms with van der Waals surface area (Å²) in [6.45, 7) is 12.9. The highest BCUT2D eigenvalue weighted by molar-refractivity contribution is 5.02. The Kier molecular flexibility index (Phi) is 3.70. The van der Waals surface area contributed by atoms with E-state index in [0.717, 1.165) is 0 Å². The topological polar surface area (TPSA) is 0 Å². The van der Waals surface area contributed by atoms with Crippen molar-refractivity contribution in [3.05, 3.63) is 12.2 Å². The lowest BCUT2D eigenvalue weighted by molar-refractivity contribution is 0.393. The summed E-state index contributed by atoms with van der Waals surface area (Å²) in [6, 6.07) is 0. The van der Waals surface area contributed by atoms with Gasteiger partial charge >= 0.3 is 0 Å². The minimum absolute atomic E-state index is 0.357. The van der Waals surface area contributed by atoms with Crippen LogP contribution in [0.15, 0.2) is 12.2 Å². The van der Waals surface area contributed by atoms with E-state index in [0.29, 0.717) is 5.41 Å². The molecule has 0 N–H and O–H groups in total. The van der Waals surface area contributed by atoms with Crippen molar-refractivity contribution in [2.45, 2.75) is 47.0 Å². The molecule has 0 fully saturated rings. The highest BCUT2D eigenvalue weighted by Crippen LogP contribution is 2.30. The van der Waals surface area contributed by atoms with Gasteiger partial charge in [0, 0.05) is 0 Å². The van der Waals surface area contributed by atoms with Gasteiger partial charge in [0.1, 0.15) is 0 Å². The largest absolute Gasteiger partial charge is 0.0996 e. The van der Waals surface area contributed by atoms with Gasteiger partial charge in [-0.25, -0.2) is 0 Å². The van der Waals surface area contributed by atoms with Crippen molar-refractivity contribution in [1.29, 1.82) is 0 Å². The fourth-order valence-electron chi connectivity index (χ4n) is 0.832. The highest BCUT2D eigenvalue weighted by Gasteiger charge is 2.16. The average Bonchev–Trinajstić information content (AvgIpc) is 1.84. The van der Waals surface area contributed by atoms with E-state index >= 15 is 0 Å². The van der Waals surface area contributed by atoms with Gasteiger partial charge in [0.05, 0.1) is 0 Å². The molecule has 60 valence electrons. The van der Waals surface area contributed by atoms with Gasteiger partial charge in [-0.3, -0.25) is 0 Å². The SMILES string of the molecule is C=C(C)C(C)(C)CCCC. The van der Waals surface area contributed by atoms with Crippen LogP contribution in [0, 0.1) is 5.41 Å². The summed E-state index contributed by atoms with van der Waals surface area (Å²) in [5.41, 5.74) is 1.66. The van der Waals surface area contributed by atoms with Gasteiger partial charge in [0.2, 0.25) is 0 Å². The molecule has 0 saturated heterocycles. The van der Waals surface area contributed by atoms with E-state index in [2.05, 4.69) is 34.3 Å². The molecule has 0 atom stereocenters. The summed E-state index contributed by atoms with van der Waals surface area (Å²) in [5, 5.41) is 0. The normalized spacial score (nSPS) is 11.6. The van der Waals surface area contributed by atoms with Crippen molar-refractivity contribution in [2.24, 2.45) is 5.41 Å². The molecule has 0 nitrogen and oxygen atoms in total. The molecule has 0 aromatic carbocycles. The van der Waals surface area contributed by atoms with Crippen LogP contribution in [0.2, 0.25) is 0 Å². The molecule has 0 radical (unpaired) electrons. The van der Waals surface area contributed by atoms with E-state index in [4.69, 9.17) is 0 Å². The molecule has 0 bridgehead atoms. The Labute approximate surface area is 65.3 Å². The summed E-state index contributed by atoms with van der Waals surface area (Å²) < 4.78 is 0. The predicted molar refractivity (Wildman–Crippen MR) is 48.1 cm³/mol. The number of hydrogen-bond acceptors (Lipinski definition) is 0. The third-order valence-corrected chi connectivity index (χ3v) is 2.31. The van der Waals surface area contributed by atoms with E-state index in [9.17, 15) is 0 Å². The van der Waals surface area contributed by atoms with E-state index in [-0.39, 0.29) is 0 Å². The lowest BCUT2D eigenvalue weighted by Crippen LogP contribution is -2.11. The van der Waals surface area contributed by atoms with Crippen LogP contribution < -0.4 is 0 Å². The fraction of sp³-hybridized carbons (Fsp3) is 0.800. The Hall–Kier alpha value is -0.260. The van der Waals surface area contributed by atoms with Crippen LogP contribution in [-0.2, 0) is 0 Å². The maximum Gasteiger partial charge on any atom is -0.0150 e. The fourth-order valence-corrected chi connectivity index (χ4v) is 0.832. The number of allylic oxidation sites excluding steroid dienone is 1. The summed E-state index contributed by atoms with van der Waals surface area (Å²) in [4.78, 5) is 0. The lowest BCUT2D eigenvalue weighted by Gasteiger charge is -2.24. The first-order chi connectivity index (χ1) is 4.50. The quantitative estimate of drug-likeness (QED) is 0.521. The standard InChI is InChI=1S/C10H20/c1-6-7-8-10(4,5)9(2)3/h2,6-8H2,1,3-5H3. The molecular weight excluding hydrogens is 120 g/mol. The molecule has 0 heteroatoms. The van der Waals surface area contributed by atoms with Crippen molar-refractivity contribution in [3.63, 3.8) is 0 Å². The minimum atomic E-state index is 0.357. The molecule has 0 saturated carbocycles. The monoisotopic (exact) mass is 140 g/mol. The average molecular weight is 140 g/mol. The number of hydrogen-bond donors (Lipinski definition) is 0. The van der Waals surface area contributed by atoms with Crippen molar-refractivity contribution >= 4 is 0 Å². The zero-order valence-electron chi connectivity index (χ0n) is 7.83. The Bertz CT molecular complexity index is 109. The van der Waals surface area contributed by atoms with Gasteiger partial charge in [-0.1, -0.05) is 45.8 Å². The third kappa shape index (κ3) is 3.05. The first-order valence-corrected chi connectivity index (χ1v) is 4.16. The van der Waals surface area contributed by atoms with Gasteiger partial charge in [-0.05, 0) is 18.8 Å². The molecule has 10 heavy (non-hydrogen) atoms. The van der Waals surface area contributed by atoms with Gasteiger partial charge in [-0.2, -0.15) is 0 Å². The van der Waals surface area contributed by atoms with Gasteiger partial charge < -0.3 is 0 Å². The van der Waals surface area contributed by atoms with Crippen molar-refractivity contribution in [1.82, 2.24) is 0 Å². The Morgan fingerprint density at radius 1 is 1.40 bits per heavy atom. The minimum Gasteiger partial charge on any atom is -0.0996 e. The van der Waals surface area contributed by atoms with Crippen LogP contribution in [0.5, 0.6) is 0 Å². The number of rotatable bonds is 4. The van der Waals surface area contributed by atoms with Crippen molar-refractivity contribution in [2.75, 3.05) is 0 Å². The van der Waals surface area contributed by atoms with Crippen LogP contribution in [0.4, 0.5) is 0 Å². The Morgan fingerprint density at radius 2 is 1.90 bits per heavy atom. The van der Waals surface area contributed by atoms with Gasteiger partial charge in [0.25, 0.3) is 0 Å². The Balaban J connectivity index is 3.75. The molecule has 0 unspecified atom stereocenters. The molecule has 0 amide bonds. The molecule has 0 aliphatic heterocycles. The van der Waals surface area contributed by atoms with Crippen LogP contribution in [0.25, 0.3) is 0 Å². The molecule has 0 heterocycles. The first-order valence-electron chi connectivity index (χ1n) is 4.16. The zero-order valence-corrected chi connectivity index (χ0v) is 7.83. The molecule has 0 spiro atoms. The van der Waals surface area contributed by atoms with E-state index in [1.54, 1.807) is 0 Å². The predicted octanol–water partition coefficient (Wildman–Crippen LogP) is 3.78. The van der Waals surface area contributed by atoms with E-state index in [1.807, 2.05) is 0 Å². The van der Waals surface area contributed by atoms with Gasteiger partial charge in [-0.15, -0.1) is 0 Å². The highest BCUT2D eigenvalue weighted by atomic mass is 14.2. The first kappa shape index (κ1) is 9.74. The van der Waals surface area contributed by atoms with E-state index in [1.165, 1.54) is 24.8 Å². The summed E-state index contributed by atoms with van der Waals surface area (Å²) >= 11 is 0. The second-order valence-electron chi connectivity index (χ2n) is 3.77.